The lowest BCUT2D eigenvalue weighted by Gasteiger charge is -2.31. The maximum atomic E-state index is 6.48. The molecule has 0 N–H and O–H groups in total. The highest BCUT2D eigenvalue weighted by Crippen LogP contribution is 2.43. The van der Waals surface area contributed by atoms with Crippen molar-refractivity contribution in [2.75, 3.05) is 0 Å². The summed E-state index contributed by atoms with van der Waals surface area (Å²) in [5.74, 6) is -0.720. The van der Waals surface area contributed by atoms with E-state index in [4.69, 9.17) is 23.7 Å². The fraction of sp³-hybridized carbons (Fsp3) is 0.357. The van der Waals surface area contributed by atoms with Crippen LogP contribution in [0.1, 0.15) is 36.6 Å². The zero-order valence-electron chi connectivity index (χ0n) is 19.0. The summed E-state index contributed by atoms with van der Waals surface area (Å²) in [4.78, 5) is 0. The van der Waals surface area contributed by atoms with Gasteiger partial charge in [0.15, 0.2) is 12.1 Å². The molecule has 0 bridgehead atoms. The minimum atomic E-state index is -0.720. The van der Waals surface area contributed by atoms with Gasteiger partial charge in [-0.2, -0.15) is 0 Å². The van der Waals surface area contributed by atoms with Gasteiger partial charge in [-0.3, -0.25) is 0 Å². The molecule has 0 radical (unpaired) electrons. The van der Waals surface area contributed by atoms with Crippen molar-refractivity contribution in [3.05, 3.63) is 108 Å². The van der Waals surface area contributed by atoms with Crippen LogP contribution in [0.25, 0.3) is 0 Å². The second kappa shape index (κ2) is 9.75. The minimum Gasteiger partial charge on any atom is -0.368 e. The predicted molar refractivity (Wildman–Crippen MR) is 124 cm³/mol. The molecule has 0 aromatic heterocycles. The summed E-state index contributed by atoms with van der Waals surface area (Å²) in [7, 11) is 0. The summed E-state index contributed by atoms with van der Waals surface area (Å²) in [5.41, 5.74) is 3.23. The van der Waals surface area contributed by atoms with E-state index >= 15 is 0 Å². The van der Waals surface area contributed by atoms with Crippen molar-refractivity contribution in [1.82, 2.24) is 0 Å². The van der Waals surface area contributed by atoms with Crippen molar-refractivity contribution < 1.29 is 23.7 Å². The molecule has 2 heterocycles. The van der Waals surface area contributed by atoms with E-state index in [0.29, 0.717) is 13.2 Å². The molecule has 2 aliphatic heterocycles. The van der Waals surface area contributed by atoms with Crippen LogP contribution in [-0.4, -0.2) is 30.4 Å². The van der Waals surface area contributed by atoms with E-state index in [1.807, 2.05) is 68.4 Å². The fourth-order valence-electron chi connectivity index (χ4n) is 4.49. The number of benzene rings is 3. The van der Waals surface area contributed by atoms with Crippen LogP contribution in [0.2, 0.25) is 0 Å². The lowest BCUT2D eigenvalue weighted by molar-refractivity contribution is -0.235. The normalized spacial score (nSPS) is 26.7. The lowest BCUT2D eigenvalue weighted by Crippen LogP contribution is -2.40. The highest BCUT2D eigenvalue weighted by molar-refractivity contribution is 5.21. The molecule has 5 nitrogen and oxygen atoms in total. The Morgan fingerprint density at radius 3 is 1.97 bits per heavy atom. The highest BCUT2D eigenvalue weighted by Gasteiger charge is 2.57. The van der Waals surface area contributed by atoms with Gasteiger partial charge in [-0.25, -0.2) is 0 Å². The van der Waals surface area contributed by atoms with Gasteiger partial charge in [-0.05, 0) is 30.5 Å². The minimum absolute atomic E-state index is 0.333. The van der Waals surface area contributed by atoms with Gasteiger partial charge in [0.25, 0.3) is 0 Å². The SMILES string of the molecule is CC1(C)O[C@H]2O[C@H]([C@H](OCc3ccccc3)c3ccccc3)[C@H](OCc3ccccc3)[C@H]2O1. The molecule has 172 valence electrons. The first kappa shape index (κ1) is 22.3. The van der Waals surface area contributed by atoms with Crippen LogP contribution in [0, 0.1) is 0 Å². The standard InChI is InChI=1S/C28H30O5/c1-28(2)32-26-24(30-19-21-14-8-4-9-15-21)25(31-27(26)33-28)23(22-16-10-5-11-17-22)29-18-20-12-6-3-7-13-20/h3-17,23-27H,18-19H2,1-2H3/t23-,24+,25-,26-,27-/m1/s1. The molecule has 3 aromatic carbocycles. The van der Waals surface area contributed by atoms with Crippen LogP contribution in [0.5, 0.6) is 0 Å². The van der Waals surface area contributed by atoms with Gasteiger partial charge < -0.3 is 23.7 Å². The smallest absolute Gasteiger partial charge is 0.190 e. The highest BCUT2D eigenvalue weighted by atomic mass is 16.8. The van der Waals surface area contributed by atoms with Crippen molar-refractivity contribution in [1.29, 1.82) is 0 Å². The number of rotatable bonds is 8. The third-order valence-electron chi connectivity index (χ3n) is 6.01. The summed E-state index contributed by atoms with van der Waals surface area (Å²) in [6, 6.07) is 30.4. The Morgan fingerprint density at radius 1 is 0.758 bits per heavy atom. The summed E-state index contributed by atoms with van der Waals surface area (Å²) in [5, 5.41) is 0. The number of ether oxygens (including phenoxy) is 5. The number of fused-ring (bicyclic) bond motifs is 1. The average Bonchev–Trinajstić information content (AvgIpc) is 3.31. The van der Waals surface area contributed by atoms with E-state index in [9.17, 15) is 0 Å². The summed E-state index contributed by atoms with van der Waals surface area (Å²) in [6.45, 7) is 4.73. The molecule has 0 saturated carbocycles. The largest absolute Gasteiger partial charge is 0.368 e. The topological polar surface area (TPSA) is 46.2 Å². The number of hydrogen-bond donors (Lipinski definition) is 0. The second-order valence-corrected chi connectivity index (χ2v) is 8.96. The first-order valence-electron chi connectivity index (χ1n) is 11.5. The van der Waals surface area contributed by atoms with Gasteiger partial charge in [-0.15, -0.1) is 0 Å². The molecule has 0 aliphatic carbocycles. The first-order chi connectivity index (χ1) is 16.1. The molecular formula is C28H30O5. The quantitative estimate of drug-likeness (QED) is 0.463. The maximum Gasteiger partial charge on any atom is 0.190 e. The molecule has 5 rings (SSSR count). The van der Waals surface area contributed by atoms with Crippen LogP contribution < -0.4 is 0 Å². The molecule has 0 unspecified atom stereocenters. The zero-order chi connectivity index (χ0) is 22.7. The van der Waals surface area contributed by atoms with Crippen molar-refractivity contribution in [2.24, 2.45) is 0 Å². The third-order valence-corrected chi connectivity index (χ3v) is 6.01. The van der Waals surface area contributed by atoms with Gasteiger partial charge in [-0.1, -0.05) is 91.0 Å². The van der Waals surface area contributed by atoms with Crippen molar-refractivity contribution in [3.63, 3.8) is 0 Å². The molecule has 0 spiro atoms. The van der Waals surface area contributed by atoms with Crippen LogP contribution >= 0.6 is 0 Å². The summed E-state index contributed by atoms with van der Waals surface area (Å²) in [6.07, 6.45) is -1.91. The lowest BCUT2D eigenvalue weighted by atomic mass is 9.98. The van der Waals surface area contributed by atoms with Crippen LogP contribution in [0.3, 0.4) is 0 Å². The molecule has 0 amide bonds. The first-order valence-corrected chi connectivity index (χ1v) is 11.5. The van der Waals surface area contributed by atoms with E-state index < -0.39 is 12.1 Å². The molecule has 3 aromatic rings. The Labute approximate surface area is 195 Å². The van der Waals surface area contributed by atoms with Crippen molar-refractivity contribution in [2.45, 2.75) is 63.6 Å². The monoisotopic (exact) mass is 446 g/mol. The Kier molecular flexibility index (Phi) is 6.58. The van der Waals surface area contributed by atoms with E-state index in [0.717, 1.165) is 16.7 Å². The summed E-state index contributed by atoms with van der Waals surface area (Å²) >= 11 is 0. The molecule has 5 atom stereocenters. The van der Waals surface area contributed by atoms with E-state index in [2.05, 4.69) is 36.4 Å². The van der Waals surface area contributed by atoms with Gasteiger partial charge in [0.2, 0.25) is 0 Å². The third kappa shape index (κ3) is 5.18. The van der Waals surface area contributed by atoms with Gasteiger partial charge in [0.1, 0.15) is 24.4 Å². The molecule has 2 saturated heterocycles. The average molecular weight is 447 g/mol. The van der Waals surface area contributed by atoms with E-state index in [1.54, 1.807) is 0 Å². The maximum absolute atomic E-state index is 6.48. The zero-order valence-corrected chi connectivity index (χ0v) is 19.0. The second-order valence-electron chi connectivity index (χ2n) is 8.96. The van der Waals surface area contributed by atoms with Crippen LogP contribution in [0.4, 0.5) is 0 Å². The molecule has 2 aliphatic rings. The molecule has 2 fully saturated rings. The predicted octanol–water partition coefficient (Wildman–Crippen LogP) is 5.41. The van der Waals surface area contributed by atoms with Gasteiger partial charge in [0, 0.05) is 0 Å². The Morgan fingerprint density at radius 2 is 1.33 bits per heavy atom. The van der Waals surface area contributed by atoms with Gasteiger partial charge >= 0.3 is 0 Å². The molecular weight excluding hydrogens is 416 g/mol. The van der Waals surface area contributed by atoms with Crippen LogP contribution in [-0.2, 0) is 36.9 Å². The van der Waals surface area contributed by atoms with Crippen LogP contribution in [0.15, 0.2) is 91.0 Å². The number of hydrogen-bond acceptors (Lipinski definition) is 5. The molecule has 5 heteroatoms. The molecule has 33 heavy (non-hydrogen) atoms. The van der Waals surface area contributed by atoms with Gasteiger partial charge in [0.05, 0.1) is 13.2 Å². The Bertz CT molecular complexity index is 1010. The fourth-order valence-corrected chi connectivity index (χ4v) is 4.49. The van der Waals surface area contributed by atoms with E-state index in [1.165, 1.54) is 0 Å². The van der Waals surface area contributed by atoms with Crippen molar-refractivity contribution in [3.8, 4) is 0 Å². The summed E-state index contributed by atoms with van der Waals surface area (Å²) < 4.78 is 31.6. The Balaban J connectivity index is 1.41. The van der Waals surface area contributed by atoms with E-state index in [-0.39, 0.29) is 24.4 Å². The van der Waals surface area contributed by atoms with Crippen molar-refractivity contribution >= 4 is 0 Å². The Hall–Kier alpha value is -2.54.